The molecule has 0 aromatic heterocycles. The van der Waals surface area contributed by atoms with Crippen molar-refractivity contribution in [3.63, 3.8) is 0 Å². The van der Waals surface area contributed by atoms with Crippen LogP contribution < -0.4 is 5.32 Å². The maximum Gasteiger partial charge on any atom is 0.124 e. The number of nitrogens with one attached hydrogen (secondary N) is 1. The Morgan fingerprint density at radius 1 is 1.35 bits per heavy atom. The molecule has 0 saturated carbocycles. The number of nitrogens with zero attached hydrogens (tertiary/aromatic N) is 1. The molecule has 0 radical (unpaired) electrons. The molecule has 4 heteroatoms. The zero-order valence-corrected chi connectivity index (χ0v) is 11.8. The molecule has 1 aromatic rings. The van der Waals surface area contributed by atoms with E-state index in [1.165, 1.54) is 12.1 Å². The zero-order valence-electron chi connectivity index (χ0n) is 10.2. The summed E-state index contributed by atoms with van der Waals surface area (Å²) in [6.07, 6.45) is 0. The topological polar surface area (TPSA) is 15.3 Å². The highest BCUT2D eigenvalue weighted by Gasteiger charge is 2.24. The molecule has 1 aromatic carbocycles. The van der Waals surface area contributed by atoms with E-state index in [4.69, 9.17) is 0 Å². The van der Waals surface area contributed by atoms with E-state index in [1.807, 2.05) is 6.07 Å². The Labute approximate surface area is 110 Å². The molecule has 0 bridgehead atoms. The van der Waals surface area contributed by atoms with Crippen molar-refractivity contribution >= 4 is 15.9 Å². The minimum absolute atomic E-state index is 0.193. The summed E-state index contributed by atoms with van der Waals surface area (Å²) in [7, 11) is 0. The average molecular weight is 301 g/mol. The van der Waals surface area contributed by atoms with E-state index in [1.54, 1.807) is 0 Å². The van der Waals surface area contributed by atoms with Crippen molar-refractivity contribution in [3.05, 3.63) is 34.1 Å². The smallest absolute Gasteiger partial charge is 0.124 e. The molecule has 0 spiro atoms. The zero-order chi connectivity index (χ0) is 12.4. The first kappa shape index (κ1) is 13.0. The lowest BCUT2D eigenvalue weighted by molar-refractivity contribution is 0.108. The Morgan fingerprint density at radius 3 is 2.59 bits per heavy atom. The van der Waals surface area contributed by atoms with Crippen LogP contribution in [0, 0.1) is 5.82 Å². The fourth-order valence-corrected chi connectivity index (χ4v) is 2.80. The molecule has 94 valence electrons. The average Bonchev–Trinajstić information content (AvgIpc) is 2.26. The predicted octanol–water partition coefficient (Wildman–Crippen LogP) is 2.77. The molecule has 2 atom stereocenters. The largest absolute Gasteiger partial charge is 0.314 e. The number of hydrogen-bond donors (Lipinski definition) is 1. The maximum absolute atomic E-state index is 13.0. The van der Waals surface area contributed by atoms with Crippen LogP contribution in [0.15, 0.2) is 22.7 Å². The van der Waals surface area contributed by atoms with Gasteiger partial charge in [-0.05, 0) is 31.5 Å². The van der Waals surface area contributed by atoms with Crippen molar-refractivity contribution in [2.75, 3.05) is 13.1 Å². The molecular weight excluding hydrogens is 283 g/mol. The summed E-state index contributed by atoms with van der Waals surface area (Å²) in [6, 6.07) is 5.94. The minimum Gasteiger partial charge on any atom is -0.314 e. The molecular formula is C13H18BrFN2. The second kappa shape index (κ2) is 5.46. The summed E-state index contributed by atoms with van der Waals surface area (Å²) in [5.74, 6) is -0.193. The highest BCUT2D eigenvalue weighted by Crippen LogP contribution is 2.22. The van der Waals surface area contributed by atoms with Gasteiger partial charge in [-0.2, -0.15) is 0 Å². The number of hydrogen-bond acceptors (Lipinski definition) is 2. The highest BCUT2D eigenvalue weighted by atomic mass is 79.9. The normalized spacial score (nSPS) is 26.1. The third kappa shape index (κ3) is 3.06. The quantitative estimate of drug-likeness (QED) is 0.903. The number of benzene rings is 1. The van der Waals surface area contributed by atoms with Crippen LogP contribution in [0.25, 0.3) is 0 Å². The van der Waals surface area contributed by atoms with Gasteiger partial charge in [0.05, 0.1) is 0 Å². The van der Waals surface area contributed by atoms with Gasteiger partial charge in [0.1, 0.15) is 5.82 Å². The lowest BCUT2D eigenvalue weighted by Gasteiger charge is -2.39. The second-order valence-corrected chi connectivity index (χ2v) is 5.62. The monoisotopic (exact) mass is 300 g/mol. The van der Waals surface area contributed by atoms with Crippen molar-refractivity contribution in [1.29, 1.82) is 0 Å². The summed E-state index contributed by atoms with van der Waals surface area (Å²) in [5.41, 5.74) is 1.15. The summed E-state index contributed by atoms with van der Waals surface area (Å²) >= 11 is 3.43. The lowest BCUT2D eigenvalue weighted by Crippen LogP contribution is -2.54. The van der Waals surface area contributed by atoms with Crippen molar-refractivity contribution in [1.82, 2.24) is 10.2 Å². The second-order valence-electron chi connectivity index (χ2n) is 4.76. The van der Waals surface area contributed by atoms with Gasteiger partial charge >= 0.3 is 0 Å². The Morgan fingerprint density at radius 2 is 2.00 bits per heavy atom. The summed E-state index contributed by atoms with van der Waals surface area (Å²) in [5, 5.41) is 3.41. The molecule has 2 unspecified atom stereocenters. The van der Waals surface area contributed by atoms with Crippen LogP contribution in [0.2, 0.25) is 0 Å². The Bertz CT molecular complexity index is 387. The van der Waals surface area contributed by atoms with E-state index in [9.17, 15) is 4.39 Å². The maximum atomic E-state index is 13.0. The van der Waals surface area contributed by atoms with Gasteiger partial charge < -0.3 is 5.32 Å². The Hall–Kier alpha value is -0.450. The van der Waals surface area contributed by atoms with Gasteiger partial charge in [0, 0.05) is 36.2 Å². The van der Waals surface area contributed by atoms with Crippen molar-refractivity contribution in [3.8, 4) is 0 Å². The van der Waals surface area contributed by atoms with Gasteiger partial charge in [0.2, 0.25) is 0 Å². The van der Waals surface area contributed by atoms with Crippen molar-refractivity contribution in [2.45, 2.75) is 32.5 Å². The molecule has 1 aliphatic heterocycles. The van der Waals surface area contributed by atoms with Crippen LogP contribution in [-0.2, 0) is 6.54 Å². The van der Waals surface area contributed by atoms with Gasteiger partial charge in [-0.1, -0.05) is 22.0 Å². The van der Waals surface area contributed by atoms with E-state index in [0.29, 0.717) is 12.1 Å². The summed E-state index contributed by atoms with van der Waals surface area (Å²) < 4.78 is 13.9. The van der Waals surface area contributed by atoms with Crippen molar-refractivity contribution < 1.29 is 4.39 Å². The van der Waals surface area contributed by atoms with E-state index in [-0.39, 0.29) is 5.82 Å². The minimum atomic E-state index is -0.193. The fourth-order valence-electron chi connectivity index (χ4n) is 2.33. The van der Waals surface area contributed by atoms with Crippen LogP contribution in [0.3, 0.4) is 0 Å². The molecule has 1 heterocycles. The molecule has 2 rings (SSSR count). The van der Waals surface area contributed by atoms with Crippen LogP contribution >= 0.6 is 15.9 Å². The Kier molecular flexibility index (Phi) is 4.17. The molecule has 0 aliphatic carbocycles. The van der Waals surface area contributed by atoms with Gasteiger partial charge in [-0.25, -0.2) is 4.39 Å². The fraction of sp³-hybridized carbons (Fsp3) is 0.538. The van der Waals surface area contributed by atoms with Crippen LogP contribution in [0.4, 0.5) is 4.39 Å². The van der Waals surface area contributed by atoms with Gasteiger partial charge in [-0.3, -0.25) is 4.90 Å². The first-order valence-corrected chi connectivity index (χ1v) is 6.77. The van der Waals surface area contributed by atoms with E-state index >= 15 is 0 Å². The standard InChI is InChI=1S/C13H18BrFN2/c1-9-6-16-7-10(2)17(9)8-11-3-4-12(15)5-13(11)14/h3-5,9-10,16H,6-8H2,1-2H3. The van der Waals surface area contributed by atoms with Crippen LogP contribution in [0.5, 0.6) is 0 Å². The number of piperazine rings is 1. The molecule has 17 heavy (non-hydrogen) atoms. The summed E-state index contributed by atoms with van der Waals surface area (Å²) in [4.78, 5) is 2.45. The molecule has 1 aliphatic rings. The highest BCUT2D eigenvalue weighted by molar-refractivity contribution is 9.10. The van der Waals surface area contributed by atoms with E-state index in [2.05, 4.69) is 40.0 Å². The number of halogens is 2. The van der Waals surface area contributed by atoms with E-state index < -0.39 is 0 Å². The summed E-state index contributed by atoms with van der Waals surface area (Å²) in [6.45, 7) is 7.34. The predicted molar refractivity (Wildman–Crippen MR) is 71.4 cm³/mol. The SMILES string of the molecule is CC1CNCC(C)N1Cc1ccc(F)cc1Br. The molecule has 1 fully saturated rings. The van der Waals surface area contributed by atoms with Crippen LogP contribution in [0.1, 0.15) is 19.4 Å². The Balaban J connectivity index is 2.13. The molecule has 0 amide bonds. The molecule has 1 N–H and O–H groups in total. The third-order valence-corrected chi connectivity index (χ3v) is 4.12. The van der Waals surface area contributed by atoms with Gasteiger partial charge in [-0.15, -0.1) is 0 Å². The van der Waals surface area contributed by atoms with Crippen LogP contribution in [-0.4, -0.2) is 30.1 Å². The van der Waals surface area contributed by atoms with Gasteiger partial charge in [0.25, 0.3) is 0 Å². The number of rotatable bonds is 2. The molecule has 2 nitrogen and oxygen atoms in total. The first-order valence-electron chi connectivity index (χ1n) is 5.98. The lowest BCUT2D eigenvalue weighted by atomic mass is 10.1. The first-order chi connectivity index (χ1) is 8.08. The van der Waals surface area contributed by atoms with Crippen molar-refractivity contribution in [2.24, 2.45) is 0 Å². The molecule has 1 saturated heterocycles. The van der Waals surface area contributed by atoms with E-state index in [0.717, 1.165) is 29.7 Å². The van der Waals surface area contributed by atoms with Gasteiger partial charge in [0.15, 0.2) is 0 Å². The third-order valence-electron chi connectivity index (χ3n) is 3.38.